The van der Waals surface area contributed by atoms with E-state index in [9.17, 15) is 9.18 Å². The molecule has 0 saturated heterocycles. The maximum atomic E-state index is 12.7. The lowest BCUT2D eigenvalue weighted by atomic mass is 10.2. The molecule has 0 fully saturated rings. The summed E-state index contributed by atoms with van der Waals surface area (Å²) in [4.78, 5) is 11.7. The SMILES string of the molecule is O=C(C=Cc1ccc(F)cc1)Nc1ccc(Cl)c(Cl)c1. The average molecular weight is 310 g/mol. The zero-order valence-electron chi connectivity index (χ0n) is 10.2. The van der Waals surface area contributed by atoms with Crippen molar-refractivity contribution in [3.63, 3.8) is 0 Å². The van der Waals surface area contributed by atoms with Crippen LogP contribution in [-0.2, 0) is 4.79 Å². The molecule has 0 aliphatic carbocycles. The predicted octanol–water partition coefficient (Wildman–Crippen LogP) is 4.78. The van der Waals surface area contributed by atoms with Crippen LogP contribution in [0.2, 0.25) is 10.0 Å². The Bertz CT molecular complexity index is 653. The Kier molecular flexibility index (Phi) is 4.77. The van der Waals surface area contributed by atoms with Crippen LogP contribution in [0.4, 0.5) is 10.1 Å². The number of anilines is 1. The van der Waals surface area contributed by atoms with Crippen molar-refractivity contribution >= 4 is 40.9 Å². The van der Waals surface area contributed by atoms with E-state index in [0.717, 1.165) is 5.56 Å². The molecule has 5 heteroatoms. The first-order valence-corrected chi connectivity index (χ1v) is 6.50. The topological polar surface area (TPSA) is 29.1 Å². The third-order valence-electron chi connectivity index (χ3n) is 2.48. The molecule has 1 amide bonds. The minimum Gasteiger partial charge on any atom is -0.322 e. The summed E-state index contributed by atoms with van der Waals surface area (Å²) in [5.41, 5.74) is 1.28. The zero-order chi connectivity index (χ0) is 14.5. The van der Waals surface area contributed by atoms with E-state index in [1.165, 1.54) is 18.2 Å². The lowest BCUT2D eigenvalue weighted by Gasteiger charge is -2.03. The summed E-state index contributed by atoms with van der Waals surface area (Å²) in [5.74, 6) is -0.630. The Morgan fingerprint density at radius 1 is 1.05 bits per heavy atom. The molecule has 0 bridgehead atoms. The fourth-order valence-corrected chi connectivity index (χ4v) is 1.80. The lowest BCUT2D eigenvalue weighted by Crippen LogP contribution is -2.07. The Hall–Kier alpha value is -1.84. The Morgan fingerprint density at radius 3 is 2.40 bits per heavy atom. The monoisotopic (exact) mass is 309 g/mol. The average Bonchev–Trinajstić information content (AvgIpc) is 2.42. The first-order valence-electron chi connectivity index (χ1n) is 5.74. The van der Waals surface area contributed by atoms with E-state index in [-0.39, 0.29) is 11.7 Å². The van der Waals surface area contributed by atoms with Crippen LogP contribution in [0.3, 0.4) is 0 Å². The number of carbonyl (C=O) groups excluding carboxylic acids is 1. The Balaban J connectivity index is 2.01. The second-order valence-electron chi connectivity index (χ2n) is 4.00. The van der Waals surface area contributed by atoms with Gasteiger partial charge in [-0.05, 0) is 42.0 Å². The highest BCUT2D eigenvalue weighted by Crippen LogP contribution is 2.24. The molecule has 0 aliphatic rings. The number of hydrogen-bond acceptors (Lipinski definition) is 1. The number of halogens is 3. The van der Waals surface area contributed by atoms with Crippen LogP contribution in [-0.4, -0.2) is 5.91 Å². The standard InChI is InChI=1S/C15H10Cl2FNO/c16-13-7-6-12(9-14(13)17)19-15(20)8-3-10-1-4-11(18)5-2-10/h1-9H,(H,19,20). The molecular formula is C15H10Cl2FNO. The highest BCUT2D eigenvalue weighted by atomic mass is 35.5. The highest BCUT2D eigenvalue weighted by molar-refractivity contribution is 6.42. The van der Waals surface area contributed by atoms with Crippen molar-refractivity contribution in [2.24, 2.45) is 0 Å². The molecule has 0 heterocycles. The molecule has 20 heavy (non-hydrogen) atoms. The summed E-state index contributed by atoms with van der Waals surface area (Å²) in [6.45, 7) is 0. The quantitative estimate of drug-likeness (QED) is 0.812. The van der Waals surface area contributed by atoms with Gasteiger partial charge in [-0.15, -0.1) is 0 Å². The second-order valence-corrected chi connectivity index (χ2v) is 4.82. The van der Waals surface area contributed by atoms with Crippen LogP contribution in [0.15, 0.2) is 48.5 Å². The molecule has 2 rings (SSSR count). The maximum absolute atomic E-state index is 12.7. The number of nitrogens with one attached hydrogen (secondary N) is 1. The van der Waals surface area contributed by atoms with E-state index in [4.69, 9.17) is 23.2 Å². The first kappa shape index (κ1) is 14.6. The predicted molar refractivity (Wildman–Crippen MR) is 80.5 cm³/mol. The molecule has 0 saturated carbocycles. The van der Waals surface area contributed by atoms with Gasteiger partial charge in [-0.25, -0.2) is 4.39 Å². The fourth-order valence-electron chi connectivity index (χ4n) is 1.50. The molecule has 0 aliphatic heterocycles. The molecule has 2 nitrogen and oxygen atoms in total. The van der Waals surface area contributed by atoms with E-state index >= 15 is 0 Å². The van der Waals surface area contributed by atoms with Gasteiger partial charge in [0.2, 0.25) is 5.91 Å². The van der Waals surface area contributed by atoms with Crippen molar-refractivity contribution < 1.29 is 9.18 Å². The van der Waals surface area contributed by atoms with Crippen molar-refractivity contribution in [1.82, 2.24) is 0 Å². The first-order chi connectivity index (χ1) is 9.54. The van der Waals surface area contributed by atoms with Gasteiger partial charge in [-0.2, -0.15) is 0 Å². The van der Waals surface area contributed by atoms with Gasteiger partial charge in [-0.3, -0.25) is 4.79 Å². The summed E-state index contributed by atoms with van der Waals surface area (Å²) in [7, 11) is 0. The van der Waals surface area contributed by atoms with Crippen LogP contribution < -0.4 is 5.32 Å². The van der Waals surface area contributed by atoms with Gasteiger partial charge in [-0.1, -0.05) is 35.3 Å². The van der Waals surface area contributed by atoms with Crippen molar-refractivity contribution in [3.8, 4) is 0 Å². The fraction of sp³-hybridized carbons (Fsp3) is 0. The van der Waals surface area contributed by atoms with E-state index in [1.807, 2.05) is 0 Å². The van der Waals surface area contributed by atoms with E-state index in [0.29, 0.717) is 15.7 Å². The van der Waals surface area contributed by atoms with Crippen LogP contribution in [0, 0.1) is 5.82 Å². The van der Waals surface area contributed by atoms with E-state index in [1.54, 1.807) is 36.4 Å². The van der Waals surface area contributed by atoms with Gasteiger partial charge >= 0.3 is 0 Å². The van der Waals surface area contributed by atoms with Crippen LogP contribution >= 0.6 is 23.2 Å². The number of amides is 1. The third-order valence-corrected chi connectivity index (χ3v) is 3.22. The summed E-state index contributed by atoms with van der Waals surface area (Å²) in [6.07, 6.45) is 2.95. The lowest BCUT2D eigenvalue weighted by molar-refractivity contribution is -0.111. The molecular weight excluding hydrogens is 300 g/mol. The van der Waals surface area contributed by atoms with Crippen molar-refractivity contribution in [2.75, 3.05) is 5.32 Å². The number of rotatable bonds is 3. The van der Waals surface area contributed by atoms with Gasteiger partial charge in [0.05, 0.1) is 10.0 Å². The molecule has 0 atom stereocenters. The summed E-state index contributed by atoms with van der Waals surface area (Å²) < 4.78 is 12.7. The van der Waals surface area contributed by atoms with Gasteiger partial charge < -0.3 is 5.32 Å². The van der Waals surface area contributed by atoms with Crippen molar-refractivity contribution in [3.05, 3.63) is 70.0 Å². The van der Waals surface area contributed by atoms with Crippen LogP contribution in [0.25, 0.3) is 6.08 Å². The summed E-state index contributed by atoms with van der Waals surface area (Å²) >= 11 is 11.6. The normalized spacial score (nSPS) is 10.8. The smallest absolute Gasteiger partial charge is 0.248 e. The van der Waals surface area contributed by atoms with Gasteiger partial charge in [0, 0.05) is 11.8 Å². The van der Waals surface area contributed by atoms with E-state index < -0.39 is 0 Å². The highest BCUT2D eigenvalue weighted by Gasteiger charge is 2.01. The Morgan fingerprint density at radius 2 is 1.75 bits per heavy atom. The largest absolute Gasteiger partial charge is 0.322 e. The molecule has 0 unspecified atom stereocenters. The third kappa shape index (κ3) is 4.08. The van der Waals surface area contributed by atoms with Gasteiger partial charge in [0.15, 0.2) is 0 Å². The second kappa shape index (κ2) is 6.55. The van der Waals surface area contributed by atoms with Crippen molar-refractivity contribution in [2.45, 2.75) is 0 Å². The van der Waals surface area contributed by atoms with E-state index in [2.05, 4.69) is 5.32 Å². The maximum Gasteiger partial charge on any atom is 0.248 e. The molecule has 2 aromatic carbocycles. The molecule has 0 aromatic heterocycles. The van der Waals surface area contributed by atoms with Crippen LogP contribution in [0.1, 0.15) is 5.56 Å². The van der Waals surface area contributed by atoms with Crippen LogP contribution in [0.5, 0.6) is 0 Å². The molecule has 0 spiro atoms. The molecule has 0 radical (unpaired) electrons. The number of hydrogen-bond donors (Lipinski definition) is 1. The number of carbonyl (C=O) groups is 1. The number of benzene rings is 2. The zero-order valence-corrected chi connectivity index (χ0v) is 11.8. The molecule has 2 aromatic rings. The Labute approximate surface area is 125 Å². The van der Waals surface area contributed by atoms with Gasteiger partial charge in [0.1, 0.15) is 5.82 Å². The summed E-state index contributed by atoms with van der Waals surface area (Å²) in [5, 5.41) is 3.44. The minimum atomic E-state index is -0.317. The minimum absolute atomic E-state index is 0.312. The molecule has 102 valence electrons. The molecule has 1 N–H and O–H groups in total. The van der Waals surface area contributed by atoms with Crippen molar-refractivity contribution in [1.29, 1.82) is 0 Å². The van der Waals surface area contributed by atoms with Gasteiger partial charge in [0.25, 0.3) is 0 Å². The summed E-state index contributed by atoms with van der Waals surface area (Å²) in [6, 6.07) is 10.6.